The predicted molar refractivity (Wildman–Crippen MR) is 77.1 cm³/mol. The molecule has 0 spiro atoms. The fourth-order valence-corrected chi connectivity index (χ4v) is 1.57. The minimum Gasteiger partial charge on any atom is -0.465 e. The zero-order valence-electron chi connectivity index (χ0n) is 10.9. The number of carbonyl (C=O) groups is 2. The molecule has 102 valence electrons. The molecule has 5 nitrogen and oxygen atoms in total. The highest BCUT2D eigenvalue weighted by Gasteiger charge is 1.99. The van der Waals surface area contributed by atoms with Gasteiger partial charge in [0.05, 0.1) is 6.26 Å². The van der Waals surface area contributed by atoms with Crippen molar-refractivity contribution in [2.45, 2.75) is 6.92 Å². The van der Waals surface area contributed by atoms with Gasteiger partial charge in [-0.2, -0.15) is 0 Å². The second-order valence-electron chi connectivity index (χ2n) is 4.10. The van der Waals surface area contributed by atoms with E-state index in [1.54, 1.807) is 48.7 Å². The van der Waals surface area contributed by atoms with Crippen molar-refractivity contribution in [3.63, 3.8) is 0 Å². The summed E-state index contributed by atoms with van der Waals surface area (Å²) in [6, 6.07) is 10.4. The number of carbonyl (C=O) groups excluding carboxylic acids is 2. The second-order valence-corrected chi connectivity index (χ2v) is 4.10. The Balaban J connectivity index is 1.92. The molecule has 5 heteroatoms. The Kier molecular flexibility index (Phi) is 4.34. The summed E-state index contributed by atoms with van der Waals surface area (Å²) in [6.07, 6.45) is 4.51. The second kappa shape index (κ2) is 6.38. The van der Waals surface area contributed by atoms with Crippen molar-refractivity contribution in [2.24, 2.45) is 0 Å². The normalized spacial score (nSPS) is 10.4. The quantitative estimate of drug-likeness (QED) is 0.839. The van der Waals surface area contributed by atoms with Crippen LogP contribution >= 0.6 is 0 Å². The summed E-state index contributed by atoms with van der Waals surface area (Å²) >= 11 is 0. The largest absolute Gasteiger partial charge is 0.465 e. The van der Waals surface area contributed by atoms with Crippen LogP contribution in [0.5, 0.6) is 0 Å². The highest BCUT2D eigenvalue weighted by molar-refractivity contribution is 6.01. The van der Waals surface area contributed by atoms with Crippen molar-refractivity contribution in [3.05, 3.63) is 54.5 Å². The Bertz CT molecular complexity index is 613. The van der Waals surface area contributed by atoms with Gasteiger partial charge >= 0.3 is 0 Å². The number of hydrogen-bond acceptors (Lipinski definition) is 3. The summed E-state index contributed by atoms with van der Waals surface area (Å²) in [5, 5.41) is 5.36. The summed E-state index contributed by atoms with van der Waals surface area (Å²) in [7, 11) is 0. The summed E-state index contributed by atoms with van der Waals surface area (Å²) in [5.41, 5.74) is 1.33. The summed E-state index contributed by atoms with van der Waals surface area (Å²) in [6.45, 7) is 1.44. The van der Waals surface area contributed by atoms with Crippen LogP contribution in [-0.4, -0.2) is 11.8 Å². The lowest BCUT2D eigenvalue weighted by molar-refractivity contribution is -0.114. The molecule has 1 aromatic heterocycles. The number of hydrogen-bond donors (Lipinski definition) is 2. The molecular weight excluding hydrogens is 256 g/mol. The Hall–Kier alpha value is -2.82. The first-order valence-electron chi connectivity index (χ1n) is 6.04. The van der Waals surface area contributed by atoms with E-state index in [4.69, 9.17) is 4.42 Å². The molecule has 0 fully saturated rings. The SMILES string of the molecule is CC(=O)Nc1ccc(NC(=O)/C=C/c2ccco2)cc1. The van der Waals surface area contributed by atoms with Gasteiger partial charge in [-0.15, -0.1) is 0 Å². The number of nitrogens with one attached hydrogen (secondary N) is 2. The summed E-state index contributed by atoms with van der Waals surface area (Å²) in [5.74, 6) is 0.220. The standard InChI is InChI=1S/C15H14N2O3/c1-11(18)16-12-4-6-13(7-5-12)17-15(19)9-8-14-3-2-10-20-14/h2-10H,1H3,(H,16,18)(H,17,19)/b9-8+. The topological polar surface area (TPSA) is 71.3 Å². The summed E-state index contributed by atoms with van der Waals surface area (Å²) < 4.78 is 5.08. The van der Waals surface area contributed by atoms with E-state index < -0.39 is 0 Å². The first-order valence-corrected chi connectivity index (χ1v) is 6.04. The third-order valence-corrected chi connectivity index (χ3v) is 2.41. The molecule has 2 N–H and O–H groups in total. The maximum Gasteiger partial charge on any atom is 0.248 e. The molecule has 2 rings (SSSR count). The van der Waals surface area contributed by atoms with E-state index in [0.29, 0.717) is 17.1 Å². The molecule has 0 aliphatic rings. The van der Waals surface area contributed by atoms with Gasteiger partial charge in [0, 0.05) is 24.4 Å². The van der Waals surface area contributed by atoms with Crippen molar-refractivity contribution in [1.29, 1.82) is 0 Å². The number of furan rings is 1. The van der Waals surface area contributed by atoms with Gasteiger partial charge in [0.2, 0.25) is 11.8 Å². The zero-order valence-corrected chi connectivity index (χ0v) is 10.9. The predicted octanol–water partition coefficient (Wildman–Crippen LogP) is 2.89. The van der Waals surface area contributed by atoms with E-state index >= 15 is 0 Å². The molecular formula is C15H14N2O3. The zero-order chi connectivity index (χ0) is 14.4. The molecule has 1 aromatic carbocycles. The van der Waals surface area contributed by atoms with E-state index in [1.807, 2.05) is 0 Å². The fraction of sp³-hybridized carbons (Fsp3) is 0.0667. The molecule has 0 aliphatic heterocycles. The van der Waals surface area contributed by atoms with Crippen LogP contribution in [-0.2, 0) is 9.59 Å². The van der Waals surface area contributed by atoms with Gasteiger partial charge < -0.3 is 15.1 Å². The molecule has 2 aromatic rings. The van der Waals surface area contributed by atoms with Crippen molar-refractivity contribution in [2.75, 3.05) is 10.6 Å². The molecule has 0 saturated heterocycles. The molecule has 0 saturated carbocycles. The Morgan fingerprint density at radius 2 is 1.70 bits per heavy atom. The lowest BCUT2D eigenvalue weighted by Crippen LogP contribution is -2.08. The third kappa shape index (κ3) is 4.13. The van der Waals surface area contributed by atoms with Crippen molar-refractivity contribution in [1.82, 2.24) is 0 Å². The van der Waals surface area contributed by atoms with Crippen molar-refractivity contribution >= 4 is 29.3 Å². The van der Waals surface area contributed by atoms with E-state index in [0.717, 1.165) is 0 Å². The van der Waals surface area contributed by atoms with Crippen molar-refractivity contribution < 1.29 is 14.0 Å². The number of rotatable bonds is 4. The van der Waals surface area contributed by atoms with Gasteiger partial charge in [-0.1, -0.05) is 0 Å². The van der Waals surface area contributed by atoms with Crippen LogP contribution in [0.2, 0.25) is 0 Å². The minimum absolute atomic E-state index is 0.136. The first kappa shape index (κ1) is 13.6. The van der Waals surface area contributed by atoms with Gasteiger partial charge in [0.15, 0.2) is 0 Å². The van der Waals surface area contributed by atoms with Gasteiger partial charge in [-0.25, -0.2) is 0 Å². The van der Waals surface area contributed by atoms with Crippen LogP contribution in [0.4, 0.5) is 11.4 Å². The average Bonchev–Trinajstić information content (AvgIpc) is 2.91. The van der Waals surface area contributed by atoms with E-state index in [-0.39, 0.29) is 11.8 Å². The lowest BCUT2D eigenvalue weighted by Gasteiger charge is -2.04. The minimum atomic E-state index is -0.256. The molecule has 0 radical (unpaired) electrons. The average molecular weight is 270 g/mol. The number of anilines is 2. The number of amides is 2. The molecule has 2 amide bonds. The molecule has 20 heavy (non-hydrogen) atoms. The van der Waals surface area contributed by atoms with Crippen LogP contribution in [0.15, 0.2) is 53.2 Å². The molecule has 0 atom stereocenters. The fourth-order valence-electron chi connectivity index (χ4n) is 1.57. The Labute approximate surface area is 116 Å². The van der Waals surface area contributed by atoms with Crippen LogP contribution < -0.4 is 10.6 Å². The lowest BCUT2D eigenvalue weighted by atomic mass is 10.2. The molecule has 0 aliphatic carbocycles. The highest BCUT2D eigenvalue weighted by Crippen LogP contribution is 2.13. The smallest absolute Gasteiger partial charge is 0.248 e. The highest BCUT2D eigenvalue weighted by atomic mass is 16.3. The van der Waals surface area contributed by atoms with Gasteiger partial charge in [0.25, 0.3) is 0 Å². The number of benzene rings is 1. The van der Waals surface area contributed by atoms with Crippen LogP contribution in [0.1, 0.15) is 12.7 Å². The van der Waals surface area contributed by atoms with E-state index in [9.17, 15) is 9.59 Å². The Morgan fingerprint density at radius 1 is 1.05 bits per heavy atom. The third-order valence-electron chi connectivity index (χ3n) is 2.41. The van der Waals surface area contributed by atoms with E-state index in [1.165, 1.54) is 13.0 Å². The monoisotopic (exact) mass is 270 g/mol. The maximum absolute atomic E-state index is 11.7. The van der Waals surface area contributed by atoms with E-state index in [2.05, 4.69) is 10.6 Å². The summed E-state index contributed by atoms with van der Waals surface area (Å²) in [4.78, 5) is 22.5. The van der Waals surface area contributed by atoms with Crippen LogP contribution in [0.25, 0.3) is 6.08 Å². The molecule has 0 bridgehead atoms. The van der Waals surface area contributed by atoms with Crippen molar-refractivity contribution in [3.8, 4) is 0 Å². The Morgan fingerprint density at radius 3 is 2.25 bits per heavy atom. The molecule has 0 unspecified atom stereocenters. The van der Waals surface area contributed by atoms with Gasteiger partial charge in [0.1, 0.15) is 5.76 Å². The van der Waals surface area contributed by atoms with Crippen LogP contribution in [0, 0.1) is 0 Å². The first-order chi connectivity index (χ1) is 9.63. The van der Waals surface area contributed by atoms with Crippen LogP contribution in [0.3, 0.4) is 0 Å². The maximum atomic E-state index is 11.7. The van der Waals surface area contributed by atoms with Gasteiger partial charge in [-0.05, 0) is 42.5 Å². The molecule has 1 heterocycles. The van der Waals surface area contributed by atoms with Gasteiger partial charge in [-0.3, -0.25) is 9.59 Å².